The molecule has 0 bridgehead atoms. The molecule has 0 radical (unpaired) electrons. The van der Waals surface area contributed by atoms with Crippen LogP contribution in [0.25, 0.3) is 0 Å². The van der Waals surface area contributed by atoms with Gasteiger partial charge in [-0.25, -0.2) is 0 Å². The highest BCUT2D eigenvalue weighted by Gasteiger charge is 2.01. The van der Waals surface area contributed by atoms with Crippen molar-refractivity contribution in [1.29, 1.82) is 0 Å². The Morgan fingerprint density at radius 2 is 1.72 bits per heavy atom. The summed E-state index contributed by atoms with van der Waals surface area (Å²) in [5.41, 5.74) is 9.38. The number of likely N-dealkylation sites (N-methyl/N-ethyl adjacent to an activating group) is 1. The lowest BCUT2D eigenvalue weighted by atomic mass is 10.1. The maximum Gasteiger partial charge on any atom is 0.0594 e. The van der Waals surface area contributed by atoms with E-state index in [-0.39, 0.29) is 12.4 Å². The number of hydrogen-bond donors (Lipinski definition) is 1. The van der Waals surface area contributed by atoms with Gasteiger partial charge in [0.1, 0.15) is 0 Å². The first kappa shape index (κ1) is 17.4. The molecule has 0 aliphatic carbocycles. The third-order valence-electron chi connectivity index (χ3n) is 2.61. The zero-order chi connectivity index (χ0) is 12.7. The molecule has 0 amide bonds. The second-order valence-corrected chi connectivity index (χ2v) is 4.63. The topological polar surface area (TPSA) is 38.5 Å². The van der Waals surface area contributed by atoms with Crippen LogP contribution in [-0.2, 0) is 11.3 Å². The summed E-state index contributed by atoms with van der Waals surface area (Å²) in [6.07, 6.45) is 0. The predicted molar refractivity (Wildman–Crippen MR) is 79.4 cm³/mol. The minimum Gasteiger partial charge on any atom is -0.379 e. The molecule has 1 aromatic carbocycles. The fraction of sp³-hybridized carbons (Fsp3) is 0.571. The van der Waals surface area contributed by atoms with E-state index in [4.69, 9.17) is 10.5 Å². The van der Waals surface area contributed by atoms with Gasteiger partial charge in [-0.15, -0.1) is 12.4 Å². The van der Waals surface area contributed by atoms with E-state index in [1.807, 2.05) is 0 Å². The summed E-state index contributed by atoms with van der Waals surface area (Å²) < 4.78 is 5.37. The summed E-state index contributed by atoms with van der Waals surface area (Å²) in [4.78, 5) is 2.27. The molecule has 0 saturated carbocycles. The van der Waals surface area contributed by atoms with E-state index >= 15 is 0 Å². The number of nitrogens with zero attached hydrogens (tertiary/aromatic N) is 1. The molecule has 0 heterocycles. The average molecular weight is 273 g/mol. The molecule has 0 saturated heterocycles. The van der Waals surface area contributed by atoms with Gasteiger partial charge in [0.2, 0.25) is 0 Å². The summed E-state index contributed by atoms with van der Waals surface area (Å²) in [7, 11) is 2.11. The number of benzene rings is 1. The molecule has 4 heteroatoms. The molecule has 0 spiro atoms. The Balaban J connectivity index is 0.00000289. The molecule has 0 fully saturated rings. The molecule has 3 nitrogen and oxygen atoms in total. The van der Waals surface area contributed by atoms with Gasteiger partial charge >= 0.3 is 0 Å². The molecule has 0 aliphatic heterocycles. The number of ether oxygens (including phenoxy) is 1. The van der Waals surface area contributed by atoms with Crippen LogP contribution in [0.4, 0.5) is 0 Å². The van der Waals surface area contributed by atoms with Gasteiger partial charge in [-0.3, -0.25) is 4.90 Å². The summed E-state index contributed by atoms with van der Waals surface area (Å²) >= 11 is 0. The Bertz CT molecular complexity index is 324. The highest BCUT2D eigenvalue weighted by Crippen LogP contribution is 2.10. The first-order valence-electron chi connectivity index (χ1n) is 6.15. The van der Waals surface area contributed by atoms with Crippen LogP contribution in [0.1, 0.15) is 16.7 Å². The van der Waals surface area contributed by atoms with Gasteiger partial charge in [0, 0.05) is 19.6 Å². The van der Waals surface area contributed by atoms with Gasteiger partial charge in [0.15, 0.2) is 0 Å². The van der Waals surface area contributed by atoms with Crippen molar-refractivity contribution >= 4 is 12.4 Å². The van der Waals surface area contributed by atoms with Gasteiger partial charge in [0.05, 0.1) is 13.2 Å². The van der Waals surface area contributed by atoms with E-state index in [0.717, 1.165) is 19.7 Å². The minimum absolute atomic E-state index is 0. The first-order chi connectivity index (χ1) is 8.11. The van der Waals surface area contributed by atoms with Gasteiger partial charge in [-0.05, 0) is 26.5 Å². The predicted octanol–water partition coefficient (Wildman–Crippen LogP) is 2.13. The molecular formula is C14H25ClN2O. The smallest absolute Gasteiger partial charge is 0.0594 e. The number of nitrogens with two attached hydrogens (primary N) is 1. The monoisotopic (exact) mass is 272 g/mol. The van der Waals surface area contributed by atoms with Crippen LogP contribution in [0.3, 0.4) is 0 Å². The molecule has 0 aliphatic rings. The highest BCUT2D eigenvalue weighted by molar-refractivity contribution is 5.85. The first-order valence-corrected chi connectivity index (χ1v) is 6.15. The molecular weight excluding hydrogens is 248 g/mol. The van der Waals surface area contributed by atoms with Crippen LogP contribution >= 0.6 is 12.4 Å². The number of halogens is 1. The summed E-state index contributed by atoms with van der Waals surface area (Å²) in [6, 6.07) is 6.68. The Morgan fingerprint density at radius 1 is 1.11 bits per heavy atom. The third kappa shape index (κ3) is 6.97. The van der Waals surface area contributed by atoms with E-state index < -0.39 is 0 Å². The number of rotatable bonds is 7. The van der Waals surface area contributed by atoms with Crippen molar-refractivity contribution in [3.8, 4) is 0 Å². The van der Waals surface area contributed by atoms with Crippen molar-refractivity contribution < 1.29 is 4.74 Å². The van der Waals surface area contributed by atoms with Gasteiger partial charge in [0.25, 0.3) is 0 Å². The lowest BCUT2D eigenvalue weighted by molar-refractivity contribution is 0.115. The normalized spacial score (nSPS) is 10.5. The fourth-order valence-electron chi connectivity index (χ4n) is 1.96. The van der Waals surface area contributed by atoms with Crippen molar-refractivity contribution in [3.05, 3.63) is 34.9 Å². The molecule has 104 valence electrons. The van der Waals surface area contributed by atoms with Crippen molar-refractivity contribution in [1.82, 2.24) is 4.90 Å². The van der Waals surface area contributed by atoms with Gasteiger partial charge in [-0.1, -0.05) is 29.3 Å². The van der Waals surface area contributed by atoms with Crippen LogP contribution < -0.4 is 5.73 Å². The Labute approximate surface area is 117 Å². The fourth-order valence-corrected chi connectivity index (χ4v) is 1.96. The SMILES string of the molecule is Cc1cc(C)cc(CN(C)CCOCCN)c1.Cl. The third-order valence-corrected chi connectivity index (χ3v) is 2.61. The quantitative estimate of drug-likeness (QED) is 0.773. The summed E-state index contributed by atoms with van der Waals surface area (Å²) in [5.74, 6) is 0. The summed E-state index contributed by atoms with van der Waals surface area (Å²) in [5, 5.41) is 0. The van der Waals surface area contributed by atoms with Crippen molar-refractivity contribution in [3.63, 3.8) is 0 Å². The molecule has 18 heavy (non-hydrogen) atoms. The Hall–Kier alpha value is -0.610. The van der Waals surface area contributed by atoms with Crippen LogP contribution in [0.5, 0.6) is 0 Å². The maximum absolute atomic E-state index is 5.37. The van der Waals surface area contributed by atoms with Crippen LogP contribution in [0, 0.1) is 13.8 Å². The molecule has 1 rings (SSSR count). The zero-order valence-corrected chi connectivity index (χ0v) is 12.4. The lowest BCUT2D eigenvalue weighted by Crippen LogP contribution is -2.24. The molecule has 0 atom stereocenters. The standard InChI is InChI=1S/C14H24N2O.ClH/c1-12-8-13(2)10-14(9-12)11-16(3)5-7-17-6-4-15;/h8-10H,4-7,11,15H2,1-3H3;1H. The van der Waals surface area contributed by atoms with E-state index in [9.17, 15) is 0 Å². The van der Waals surface area contributed by atoms with E-state index in [1.165, 1.54) is 16.7 Å². The highest BCUT2D eigenvalue weighted by atomic mass is 35.5. The average Bonchev–Trinajstić information content (AvgIpc) is 2.23. The Morgan fingerprint density at radius 3 is 2.28 bits per heavy atom. The maximum atomic E-state index is 5.37. The molecule has 1 aromatic rings. The second-order valence-electron chi connectivity index (χ2n) is 4.63. The van der Waals surface area contributed by atoms with Crippen LogP contribution in [-0.4, -0.2) is 38.3 Å². The minimum atomic E-state index is 0. The molecule has 0 aromatic heterocycles. The second kappa shape index (κ2) is 9.34. The number of aryl methyl sites for hydroxylation is 2. The van der Waals surface area contributed by atoms with Crippen molar-refractivity contribution in [2.24, 2.45) is 5.73 Å². The van der Waals surface area contributed by atoms with Crippen LogP contribution in [0.15, 0.2) is 18.2 Å². The molecule has 0 unspecified atom stereocenters. The van der Waals surface area contributed by atoms with Crippen LogP contribution in [0.2, 0.25) is 0 Å². The van der Waals surface area contributed by atoms with E-state index in [2.05, 4.69) is 44.0 Å². The van der Waals surface area contributed by atoms with Crippen molar-refractivity contribution in [2.75, 3.05) is 33.4 Å². The zero-order valence-electron chi connectivity index (χ0n) is 11.6. The largest absolute Gasteiger partial charge is 0.379 e. The van der Waals surface area contributed by atoms with Gasteiger partial charge < -0.3 is 10.5 Å². The van der Waals surface area contributed by atoms with E-state index in [0.29, 0.717) is 13.2 Å². The number of hydrogen-bond acceptors (Lipinski definition) is 3. The van der Waals surface area contributed by atoms with E-state index in [1.54, 1.807) is 0 Å². The summed E-state index contributed by atoms with van der Waals surface area (Å²) in [6.45, 7) is 8.18. The van der Waals surface area contributed by atoms with Crippen molar-refractivity contribution in [2.45, 2.75) is 20.4 Å². The van der Waals surface area contributed by atoms with Gasteiger partial charge in [-0.2, -0.15) is 0 Å². The molecule has 2 N–H and O–H groups in total. The Kier molecular flexibility index (Phi) is 9.02. The lowest BCUT2D eigenvalue weighted by Gasteiger charge is -2.17.